The van der Waals surface area contributed by atoms with Crippen molar-refractivity contribution >= 4 is 29.0 Å². The highest BCUT2D eigenvalue weighted by atomic mass is 32.2. The summed E-state index contributed by atoms with van der Waals surface area (Å²) in [7, 11) is 0. The van der Waals surface area contributed by atoms with E-state index >= 15 is 0 Å². The fourth-order valence-corrected chi connectivity index (χ4v) is 3.23. The van der Waals surface area contributed by atoms with Gasteiger partial charge >= 0.3 is 0 Å². The van der Waals surface area contributed by atoms with Crippen molar-refractivity contribution in [2.45, 2.75) is 13.8 Å². The molecule has 0 unspecified atom stereocenters. The molecule has 0 bridgehead atoms. The fraction of sp³-hybridized carbons (Fsp3) is 0.200. The van der Waals surface area contributed by atoms with Crippen LogP contribution in [-0.4, -0.2) is 24.4 Å². The van der Waals surface area contributed by atoms with Gasteiger partial charge in [0, 0.05) is 5.56 Å². The predicted molar refractivity (Wildman–Crippen MR) is 102 cm³/mol. The average Bonchev–Trinajstić information content (AvgIpc) is 2.92. The number of amides is 2. The molecule has 0 aromatic heterocycles. The zero-order valence-corrected chi connectivity index (χ0v) is 15.4. The number of ether oxygens (including phenoxy) is 2. The van der Waals surface area contributed by atoms with Crippen LogP contribution in [-0.2, 0) is 4.79 Å². The van der Waals surface area contributed by atoms with Crippen LogP contribution >= 0.6 is 11.8 Å². The van der Waals surface area contributed by atoms with Crippen molar-refractivity contribution in [1.29, 1.82) is 0 Å². The SMILES string of the molecule is Cc1ccc(OCCOc2ccccc2/C=C2/SC(=O)NC2=O)c(C)c1. The summed E-state index contributed by atoms with van der Waals surface area (Å²) in [6, 6.07) is 13.4. The zero-order valence-electron chi connectivity index (χ0n) is 14.6. The van der Waals surface area contributed by atoms with Gasteiger partial charge in [-0.25, -0.2) is 0 Å². The molecular formula is C20H19NO4S. The van der Waals surface area contributed by atoms with Crippen LogP contribution in [0.2, 0.25) is 0 Å². The van der Waals surface area contributed by atoms with Gasteiger partial charge in [0.15, 0.2) is 0 Å². The third-order valence-electron chi connectivity index (χ3n) is 3.78. The molecule has 0 spiro atoms. The summed E-state index contributed by atoms with van der Waals surface area (Å²) in [5.41, 5.74) is 3.02. The first-order valence-corrected chi connectivity index (χ1v) is 9.01. The van der Waals surface area contributed by atoms with Gasteiger partial charge in [-0.15, -0.1) is 0 Å². The second-order valence-corrected chi connectivity index (χ2v) is 6.87. The Morgan fingerprint density at radius 2 is 1.73 bits per heavy atom. The van der Waals surface area contributed by atoms with E-state index in [0.717, 1.165) is 28.6 Å². The summed E-state index contributed by atoms with van der Waals surface area (Å²) in [6.07, 6.45) is 1.66. The van der Waals surface area contributed by atoms with Crippen LogP contribution in [0, 0.1) is 13.8 Å². The summed E-state index contributed by atoms with van der Waals surface area (Å²) in [5.74, 6) is 1.09. The molecule has 1 heterocycles. The number of hydrogen-bond acceptors (Lipinski definition) is 5. The first-order chi connectivity index (χ1) is 12.5. The Hall–Kier alpha value is -2.73. The van der Waals surface area contributed by atoms with Crippen LogP contribution in [0.3, 0.4) is 0 Å². The molecule has 26 heavy (non-hydrogen) atoms. The molecule has 5 nitrogen and oxygen atoms in total. The molecule has 2 aromatic rings. The zero-order chi connectivity index (χ0) is 18.5. The molecule has 1 fully saturated rings. The molecule has 6 heteroatoms. The maximum absolute atomic E-state index is 11.7. The molecule has 2 aromatic carbocycles. The maximum atomic E-state index is 11.7. The summed E-state index contributed by atoms with van der Waals surface area (Å²) < 4.78 is 11.6. The van der Waals surface area contributed by atoms with E-state index in [0.29, 0.717) is 23.9 Å². The Kier molecular flexibility index (Phi) is 5.63. The van der Waals surface area contributed by atoms with E-state index < -0.39 is 0 Å². The number of aryl methyl sites for hydroxylation is 2. The lowest BCUT2D eigenvalue weighted by molar-refractivity contribution is -0.115. The Balaban J connectivity index is 1.61. The normalized spacial score (nSPS) is 15.2. The van der Waals surface area contributed by atoms with E-state index in [4.69, 9.17) is 9.47 Å². The van der Waals surface area contributed by atoms with Gasteiger partial charge in [0.25, 0.3) is 11.1 Å². The first-order valence-electron chi connectivity index (χ1n) is 8.19. The molecule has 0 atom stereocenters. The van der Waals surface area contributed by atoms with Crippen LogP contribution in [0.25, 0.3) is 6.08 Å². The Labute approximate surface area is 156 Å². The lowest BCUT2D eigenvalue weighted by Crippen LogP contribution is -2.17. The molecule has 0 aliphatic carbocycles. The van der Waals surface area contributed by atoms with E-state index in [1.165, 1.54) is 5.56 Å². The second kappa shape index (κ2) is 8.10. The summed E-state index contributed by atoms with van der Waals surface area (Å²) >= 11 is 0.887. The molecular weight excluding hydrogens is 350 g/mol. The van der Waals surface area contributed by atoms with Crippen LogP contribution in [0.5, 0.6) is 11.5 Å². The van der Waals surface area contributed by atoms with Crippen molar-refractivity contribution in [2.75, 3.05) is 13.2 Å². The maximum Gasteiger partial charge on any atom is 0.290 e. The van der Waals surface area contributed by atoms with Gasteiger partial charge in [-0.2, -0.15) is 0 Å². The van der Waals surface area contributed by atoms with Crippen molar-refractivity contribution < 1.29 is 19.1 Å². The lowest BCUT2D eigenvalue weighted by atomic mass is 10.1. The highest BCUT2D eigenvalue weighted by molar-refractivity contribution is 8.18. The molecule has 2 amide bonds. The van der Waals surface area contributed by atoms with Gasteiger partial charge in [-0.05, 0) is 49.4 Å². The van der Waals surface area contributed by atoms with Crippen LogP contribution < -0.4 is 14.8 Å². The van der Waals surface area contributed by atoms with Crippen LogP contribution in [0.15, 0.2) is 47.4 Å². The largest absolute Gasteiger partial charge is 0.490 e. The minimum Gasteiger partial charge on any atom is -0.490 e. The number of rotatable bonds is 6. The van der Waals surface area contributed by atoms with E-state index in [1.807, 2.05) is 50.2 Å². The van der Waals surface area contributed by atoms with Crippen LogP contribution in [0.4, 0.5) is 4.79 Å². The van der Waals surface area contributed by atoms with Crippen molar-refractivity contribution in [3.63, 3.8) is 0 Å². The van der Waals surface area contributed by atoms with Gasteiger partial charge < -0.3 is 9.47 Å². The number of imide groups is 1. The number of thioether (sulfide) groups is 1. The number of nitrogens with one attached hydrogen (secondary N) is 1. The number of benzene rings is 2. The van der Waals surface area contributed by atoms with Gasteiger partial charge in [0.05, 0.1) is 4.91 Å². The number of hydrogen-bond donors (Lipinski definition) is 1. The van der Waals surface area contributed by atoms with Gasteiger partial charge in [-0.3, -0.25) is 14.9 Å². The van der Waals surface area contributed by atoms with E-state index in [-0.39, 0.29) is 11.1 Å². The topological polar surface area (TPSA) is 64.6 Å². The highest BCUT2D eigenvalue weighted by Gasteiger charge is 2.25. The minimum atomic E-state index is -0.381. The Bertz CT molecular complexity index is 876. The van der Waals surface area contributed by atoms with Crippen molar-refractivity contribution in [1.82, 2.24) is 5.32 Å². The van der Waals surface area contributed by atoms with Gasteiger partial charge in [-0.1, -0.05) is 35.9 Å². The quantitative estimate of drug-likeness (QED) is 0.614. The molecule has 0 radical (unpaired) electrons. The Morgan fingerprint density at radius 3 is 2.42 bits per heavy atom. The Morgan fingerprint density at radius 1 is 1.00 bits per heavy atom. The molecule has 0 saturated carbocycles. The monoisotopic (exact) mass is 369 g/mol. The molecule has 1 saturated heterocycles. The first kappa shape index (κ1) is 18.1. The smallest absolute Gasteiger partial charge is 0.290 e. The summed E-state index contributed by atoms with van der Waals surface area (Å²) in [5, 5.41) is 1.88. The van der Waals surface area contributed by atoms with Crippen molar-refractivity contribution in [3.8, 4) is 11.5 Å². The minimum absolute atomic E-state index is 0.359. The highest BCUT2D eigenvalue weighted by Crippen LogP contribution is 2.29. The fourth-order valence-electron chi connectivity index (χ4n) is 2.56. The molecule has 134 valence electrons. The molecule has 1 N–H and O–H groups in total. The molecule has 1 aliphatic rings. The number of para-hydroxylation sites is 1. The van der Waals surface area contributed by atoms with E-state index in [9.17, 15) is 9.59 Å². The molecule has 1 aliphatic heterocycles. The third-order valence-corrected chi connectivity index (χ3v) is 4.59. The third kappa shape index (κ3) is 4.46. The van der Waals surface area contributed by atoms with E-state index in [2.05, 4.69) is 11.4 Å². The van der Waals surface area contributed by atoms with Crippen molar-refractivity contribution in [3.05, 3.63) is 64.1 Å². The lowest BCUT2D eigenvalue weighted by Gasteiger charge is -2.12. The number of carbonyl (C=O) groups excluding carboxylic acids is 2. The van der Waals surface area contributed by atoms with Crippen LogP contribution in [0.1, 0.15) is 16.7 Å². The van der Waals surface area contributed by atoms with E-state index in [1.54, 1.807) is 6.08 Å². The van der Waals surface area contributed by atoms with Gasteiger partial charge in [0.2, 0.25) is 0 Å². The average molecular weight is 369 g/mol. The summed E-state index contributed by atoms with van der Waals surface area (Å²) in [4.78, 5) is 23.3. The summed E-state index contributed by atoms with van der Waals surface area (Å²) in [6.45, 7) is 4.83. The predicted octanol–water partition coefficient (Wildman–Crippen LogP) is 4.09. The van der Waals surface area contributed by atoms with Crippen molar-refractivity contribution in [2.24, 2.45) is 0 Å². The molecule has 3 rings (SSSR count). The van der Waals surface area contributed by atoms with Gasteiger partial charge in [0.1, 0.15) is 24.7 Å². The standard InChI is InChI=1S/C20H19NO4S/c1-13-7-8-16(14(2)11-13)24-9-10-25-17-6-4-3-5-15(17)12-18-19(22)21-20(23)26-18/h3-8,11-12H,9-10H2,1-2H3,(H,21,22,23)/b18-12+. The number of carbonyl (C=O) groups is 2. The second-order valence-electron chi connectivity index (χ2n) is 5.86.